The minimum atomic E-state index is 0.0471. The monoisotopic (exact) mass is 451 g/mol. The highest BCUT2D eigenvalue weighted by atomic mass is 35.5. The molecule has 2 atom stereocenters. The molecule has 1 heterocycles. The number of benzene rings is 2. The van der Waals surface area contributed by atoms with E-state index in [0.29, 0.717) is 11.6 Å². The van der Waals surface area contributed by atoms with E-state index < -0.39 is 0 Å². The van der Waals surface area contributed by atoms with Gasteiger partial charge < -0.3 is 14.8 Å². The van der Waals surface area contributed by atoms with E-state index >= 15 is 0 Å². The average molecular weight is 452 g/mol. The second-order valence-electron chi connectivity index (χ2n) is 7.89. The van der Waals surface area contributed by atoms with Crippen LogP contribution in [0.15, 0.2) is 42.5 Å². The summed E-state index contributed by atoms with van der Waals surface area (Å²) in [5.74, 6) is 1.55. The van der Waals surface area contributed by atoms with Crippen LogP contribution in [0.5, 0.6) is 5.75 Å². The zero-order valence-electron chi connectivity index (χ0n) is 19.1. The van der Waals surface area contributed by atoms with Gasteiger partial charge in [0, 0.05) is 18.6 Å². The number of rotatable bonds is 8. The highest BCUT2D eigenvalue weighted by molar-refractivity contribution is 6.33. The Morgan fingerprint density at radius 2 is 1.81 bits per heavy atom. The van der Waals surface area contributed by atoms with Crippen molar-refractivity contribution >= 4 is 17.4 Å². The molecule has 3 aromatic rings. The zero-order chi connectivity index (χ0) is 22.7. The summed E-state index contributed by atoms with van der Waals surface area (Å²) in [5, 5.41) is 4.29. The second-order valence-corrected chi connectivity index (χ2v) is 8.29. The topological polar surface area (TPSA) is 56.3 Å². The summed E-state index contributed by atoms with van der Waals surface area (Å²) in [4.78, 5) is 10.1. The van der Waals surface area contributed by atoms with Crippen molar-refractivity contribution < 1.29 is 9.47 Å². The predicted octanol–water partition coefficient (Wildman–Crippen LogP) is 6.04. The van der Waals surface area contributed by atoms with Gasteiger partial charge in [0.25, 0.3) is 0 Å². The number of anilines is 1. The molecule has 0 fully saturated rings. The van der Waals surface area contributed by atoms with Crippen molar-refractivity contribution in [2.45, 2.75) is 52.2 Å². The summed E-state index contributed by atoms with van der Waals surface area (Å²) in [6.07, 6.45) is 2.48. The number of aryl methyl sites for hydroxylation is 2. The molecule has 0 spiro atoms. The first-order chi connectivity index (χ1) is 15.6. The molecule has 0 aliphatic heterocycles. The van der Waals surface area contributed by atoms with Crippen LogP contribution in [0.1, 0.15) is 49.3 Å². The lowest BCUT2D eigenvalue weighted by Gasteiger charge is -2.24. The number of halogens is 1. The number of hydrogen-bond donors (Lipinski definition) is 1. The van der Waals surface area contributed by atoms with E-state index in [1.165, 1.54) is 11.1 Å². The van der Waals surface area contributed by atoms with Gasteiger partial charge in [0.15, 0.2) is 0 Å². The number of nitrogens with one attached hydrogen (secondary N) is 1. The first kappa shape index (κ1) is 22.6. The van der Waals surface area contributed by atoms with E-state index in [4.69, 9.17) is 31.0 Å². The molecule has 0 saturated heterocycles. The fourth-order valence-corrected chi connectivity index (χ4v) is 4.65. The summed E-state index contributed by atoms with van der Waals surface area (Å²) in [6, 6.07) is 14.3. The molecule has 0 radical (unpaired) electrons. The molecular formula is C26H30ClN3O2. The van der Waals surface area contributed by atoms with E-state index in [0.717, 1.165) is 53.5 Å². The Morgan fingerprint density at radius 3 is 2.50 bits per heavy atom. The summed E-state index contributed by atoms with van der Waals surface area (Å²) < 4.78 is 11.4. The van der Waals surface area contributed by atoms with Crippen LogP contribution in [0.3, 0.4) is 0 Å². The fourth-order valence-electron chi connectivity index (χ4n) is 4.39. The van der Waals surface area contributed by atoms with Crippen LogP contribution in [0.4, 0.5) is 5.82 Å². The smallest absolute Gasteiger partial charge is 0.148 e. The highest BCUT2D eigenvalue weighted by Crippen LogP contribution is 2.38. The third-order valence-electron chi connectivity index (χ3n) is 6.00. The molecule has 6 heteroatoms. The lowest BCUT2D eigenvalue weighted by atomic mass is 10.1. The molecule has 1 N–H and O–H groups in total. The first-order valence-corrected chi connectivity index (χ1v) is 11.7. The minimum Gasteiger partial charge on any atom is -0.497 e. The van der Waals surface area contributed by atoms with Crippen molar-refractivity contribution in [3.63, 3.8) is 0 Å². The minimum absolute atomic E-state index is 0.0471. The van der Waals surface area contributed by atoms with Crippen LogP contribution >= 0.6 is 11.6 Å². The maximum Gasteiger partial charge on any atom is 0.148 e. The maximum absolute atomic E-state index is 6.57. The number of ether oxygens (including phenoxy) is 2. The highest BCUT2D eigenvalue weighted by Gasteiger charge is 2.33. The molecule has 1 aliphatic rings. The number of methoxy groups -OCH3 is 1. The molecule has 1 aromatic heterocycles. The van der Waals surface area contributed by atoms with Crippen LogP contribution < -0.4 is 10.1 Å². The molecule has 1 aliphatic carbocycles. The van der Waals surface area contributed by atoms with Crippen LogP contribution in [0, 0.1) is 0 Å². The average Bonchev–Trinajstić information content (AvgIpc) is 3.16. The zero-order valence-corrected chi connectivity index (χ0v) is 19.9. The van der Waals surface area contributed by atoms with Crippen LogP contribution in [0.2, 0.25) is 5.02 Å². The van der Waals surface area contributed by atoms with E-state index in [2.05, 4.69) is 43.4 Å². The van der Waals surface area contributed by atoms with Gasteiger partial charge in [0.2, 0.25) is 0 Å². The Labute approximate surface area is 195 Å². The molecule has 4 rings (SSSR count). The Bertz CT molecular complexity index is 1100. The van der Waals surface area contributed by atoms with Gasteiger partial charge in [-0.15, -0.1) is 0 Å². The number of fused-ring (bicyclic) bond motifs is 1. The quantitative estimate of drug-likeness (QED) is 0.452. The molecule has 0 bridgehead atoms. The number of hydrogen-bond acceptors (Lipinski definition) is 5. The van der Waals surface area contributed by atoms with Crippen LogP contribution in [-0.4, -0.2) is 29.8 Å². The molecule has 2 aromatic carbocycles. The molecule has 168 valence electrons. The standard InChI is InChI=1S/C26H30ClN3O2/c1-5-21-24(19-13-12-17(31-4)15-20(19)27)28-22(6-2)26(29-21)30-25-18-11-9-8-10-16(18)14-23(25)32-7-3/h8-13,15,23,25H,5-7,14H2,1-4H3,(H,29,30). The second kappa shape index (κ2) is 9.88. The van der Waals surface area contributed by atoms with Crippen molar-refractivity contribution in [3.05, 3.63) is 70.0 Å². The van der Waals surface area contributed by atoms with Crippen molar-refractivity contribution in [2.24, 2.45) is 0 Å². The van der Waals surface area contributed by atoms with Crippen molar-refractivity contribution in [1.82, 2.24) is 9.97 Å². The summed E-state index contributed by atoms with van der Waals surface area (Å²) >= 11 is 6.57. The van der Waals surface area contributed by atoms with Crippen LogP contribution in [0.25, 0.3) is 11.3 Å². The third-order valence-corrected chi connectivity index (χ3v) is 6.31. The Balaban J connectivity index is 1.74. The number of aromatic nitrogens is 2. The van der Waals surface area contributed by atoms with Crippen molar-refractivity contribution in [1.29, 1.82) is 0 Å². The van der Waals surface area contributed by atoms with E-state index in [1.807, 2.05) is 25.1 Å². The third kappa shape index (κ3) is 4.32. The predicted molar refractivity (Wildman–Crippen MR) is 130 cm³/mol. The fraction of sp³-hybridized carbons (Fsp3) is 0.385. The molecule has 0 amide bonds. The summed E-state index contributed by atoms with van der Waals surface area (Å²) in [7, 11) is 1.63. The van der Waals surface area contributed by atoms with Crippen molar-refractivity contribution in [3.8, 4) is 17.0 Å². The van der Waals surface area contributed by atoms with Gasteiger partial charge in [-0.25, -0.2) is 9.97 Å². The molecule has 5 nitrogen and oxygen atoms in total. The number of nitrogens with zero attached hydrogens (tertiary/aromatic N) is 2. The Hall–Kier alpha value is -2.63. The van der Waals surface area contributed by atoms with Gasteiger partial charge in [-0.2, -0.15) is 0 Å². The normalized spacial score (nSPS) is 17.3. The van der Waals surface area contributed by atoms with Gasteiger partial charge in [-0.05, 0) is 49.1 Å². The Morgan fingerprint density at radius 1 is 1.03 bits per heavy atom. The molecule has 32 heavy (non-hydrogen) atoms. The van der Waals surface area contributed by atoms with Gasteiger partial charge in [-0.3, -0.25) is 0 Å². The maximum atomic E-state index is 6.57. The van der Waals surface area contributed by atoms with E-state index in [9.17, 15) is 0 Å². The van der Waals surface area contributed by atoms with Crippen molar-refractivity contribution in [2.75, 3.05) is 19.0 Å². The molecule has 2 unspecified atom stereocenters. The molecule has 0 saturated carbocycles. The van der Waals surface area contributed by atoms with Gasteiger partial charge in [0.05, 0.1) is 41.4 Å². The lowest BCUT2D eigenvalue weighted by Crippen LogP contribution is -2.26. The van der Waals surface area contributed by atoms with Gasteiger partial charge in [0.1, 0.15) is 11.6 Å². The van der Waals surface area contributed by atoms with Gasteiger partial charge >= 0.3 is 0 Å². The van der Waals surface area contributed by atoms with E-state index in [-0.39, 0.29) is 12.1 Å². The summed E-state index contributed by atoms with van der Waals surface area (Å²) in [5.41, 5.74) is 6.13. The molecular weight excluding hydrogens is 422 g/mol. The van der Waals surface area contributed by atoms with Gasteiger partial charge in [-0.1, -0.05) is 49.7 Å². The Kier molecular flexibility index (Phi) is 6.97. The van der Waals surface area contributed by atoms with Crippen LogP contribution in [-0.2, 0) is 24.0 Å². The first-order valence-electron chi connectivity index (χ1n) is 11.3. The largest absolute Gasteiger partial charge is 0.497 e. The SMILES string of the molecule is CCOC1Cc2ccccc2C1Nc1nc(CC)c(-c2ccc(OC)cc2Cl)nc1CC. The lowest BCUT2D eigenvalue weighted by molar-refractivity contribution is 0.0573. The summed E-state index contributed by atoms with van der Waals surface area (Å²) in [6.45, 7) is 6.91. The van der Waals surface area contributed by atoms with E-state index in [1.54, 1.807) is 7.11 Å².